The molecule has 0 saturated carbocycles. The first-order valence-corrected chi connectivity index (χ1v) is 9.91. The van der Waals surface area contributed by atoms with Crippen molar-refractivity contribution < 1.29 is 0 Å². The molecule has 2 saturated heterocycles. The number of piperazine rings is 2. The minimum atomic E-state index is 0.704. The van der Waals surface area contributed by atoms with E-state index in [2.05, 4.69) is 43.8 Å². The molecule has 1 aromatic heterocycles. The van der Waals surface area contributed by atoms with Gasteiger partial charge in [-0.15, -0.1) is 0 Å². The van der Waals surface area contributed by atoms with Gasteiger partial charge in [0.15, 0.2) is 0 Å². The number of hydrogen-bond donors (Lipinski definition) is 0. The van der Waals surface area contributed by atoms with E-state index in [9.17, 15) is 0 Å². The number of aryl methyl sites for hydroxylation is 1. The van der Waals surface area contributed by atoms with Crippen molar-refractivity contribution in [2.75, 3.05) is 74.1 Å². The average molecular weight is 377 g/mol. The zero-order valence-electron chi connectivity index (χ0n) is 16.7. The summed E-state index contributed by atoms with van der Waals surface area (Å²) in [6.07, 6.45) is 0. The second-order valence-corrected chi connectivity index (χ2v) is 7.55. The maximum Gasteiger partial charge on any atom is 0.134 e. The molecule has 7 nitrogen and oxygen atoms in total. The van der Waals surface area contributed by atoms with E-state index < -0.39 is 0 Å². The first-order chi connectivity index (χ1) is 13.6. The Hall–Kier alpha value is -2.85. The lowest BCUT2D eigenvalue weighted by Crippen LogP contribution is -2.47. The highest BCUT2D eigenvalue weighted by Crippen LogP contribution is 2.23. The van der Waals surface area contributed by atoms with Gasteiger partial charge in [-0.3, -0.25) is 0 Å². The highest BCUT2D eigenvalue weighted by Gasteiger charge is 2.21. The summed E-state index contributed by atoms with van der Waals surface area (Å²) in [5.74, 6) is 2.91. The Morgan fingerprint density at radius 3 is 1.82 bits per heavy atom. The van der Waals surface area contributed by atoms with Crippen LogP contribution in [0.25, 0.3) is 0 Å². The predicted molar refractivity (Wildman–Crippen MR) is 112 cm³/mol. The predicted octanol–water partition coefficient (Wildman–Crippen LogP) is 1.74. The van der Waals surface area contributed by atoms with Gasteiger partial charge in [-0.1, -0.05) is 0 Å². The molecule has 2 fully saturated rings. The molecule has 0 radical (unpaired) electrons. The van der Waals surface area contributed by atoms with Crippen molar-refractivity contribution >= 4 is 17.3 Å². The largest absolute Gasteiger partial charge is 0.368 e. The number of hydrogen-bond acceptors (Lipinski definition) is 7. The molecule has 0 N–H and O–H groups in total. The standard InChI is InChI=1S/C21H27N7/c1-17-23-20(27-9-7-25(2)8-10-27)15-21(24-17)28-13-11-26(12-14-28)19-5-3-18(16-22)4-6-19/h3-6,15H,7-14H2,1-2H3. The summed E-state index contributed by atoms with van der Waals surface area (Å²) < 4.78 is 0. The third-order valence-electron chi connectivity index (χ3n) is 5.60. The van der Waals surface area contributed by atoms with Crippen molar-refractivity contribution in [1.29, 1.82) is 5.26 Å². The lowest BCUT2D eigenvalue weighted by Gasteiger charge is -2.37. The second kappa shape index (κ2) is 8.03. The number of benzene rings is 1. The fraction of sp³-hybridized carbons (Fsp3) is 0.476. The van der Waals surface area contributed by atoms with Gasteiger partial charge >= 0.3 is 0 Å². The third kappa shape index (κ3) is 4.02. The molecule has 2 aliphatic heterocycles. The molecule has 7 heteroatoms. The Kier molecular flexibility index (Phi) is 5.31. The Bertz CT molecular complexity index is 842. The zero-order valence-corrected chi connectivity index (χ0v) is 16.7. The average Bonchev–Trinajstić information content (AvgIpc) is 2.74. The summed E-state index contributed by atoms with van der Waals surface area (Å²) in [6, 6.07) is 12.2. The molecule has 0 spiro atoms. The van der Waals surface area contributed by atoms with Crippen molar-refractivity contribution in [1.82, 2.24) is 14.9 Å². The van der Waals surface area contributed by atoms with Gasteiger partial charge in [-0.2, -0.15) is 5.26 Å². The molecule has 0 atom stereocenters. The van der Waals surface area contributed by atoms with Crippen molar-refractivity contribution in [3.63, 3.8) is 0 Å². The van der Waals surface area contributed by atoms with E-state index in [1.165, 1.54) is 5.69 Å². The van der Waals surface area contributed by atoms with Crippen LogP contribution < -0.4 is 14.7 Å². The van der Waals surface area contributed by atoms with Gasteiger partial charge in [0.25, 0.3) is 0 Å². The Morgan fingerprint density at radius 2 is 1.29 bits per heavy atom. The third-order valence-corrected chi connectivity index (χ3v) is 5.60. The number of nitriles is 1. The normalized spacial score (nSPS) is 18.2. The summed E-state index contributed by atoms with van der Waals surface area (Å²) in [5.41, 5.74) is 1.88. The van der Waals surface area contributed by atoms with E-state index in [0.717, 1.165) is 69.8 Å². The van der Waals surface area contributed by atoms with Gasteiger partial charge in [0.1, 0.15) is 17.5 Å². The Morgan fingerprint density at radius 1 is 0.786 bits per heavy atom. The number of aromatic nitrogens is 2. The van der Waals surface area contributed by atoms with Gasteiger partial charge in [0.05, 0.1) is 11.6 Å². The molecule has 2 aromatic rings. The van der Waals surface area contributed by atoms with E-state index in [4.69, 9.17) is 10.2 Å². The fourth-order valence-corrected chi connectivity index (χ4v) is 3.84. The molecule has 2 aliphatic rings. The second-order valence-electron chi connectivity index (χ2n) is 7.55. The van der Waals surface area contributed by atoms with Crippen molar-refractivity contribution in [3.05, 3.63) is 41.7 Å². The van der Waals surface area contributed by atoms with Crippen LogP contribution in [-0.4, -0.2) is 74.3 Å². The van der Waals surface area contributed by atoms with E-state index in [0.29, 0.717) is 5.56 Å². The monoisotopic (exact) mass is 377 g/mol. The van der Waals surface area contributed by atoms with E-state index in [1.807, 2.05) is 31.2 Å². The van der Waals surface area contributed by atoms with E-state index >= 15 is 0 Å². The van der Waals surface area contributed by atoms with Crippen LogP contribution in [0, 0.1) is 18.3 Å². The Labute approximate surface area is 166 Å². The minimum absolute atomic E-state index is 0.704. The van der Waals surface area contributed by atoms with Crippen LogP contribution in [0.4, 0.5) is 17.3 Å². The smallest absolute Gasteiger partial charge is 0.134 e. The molecule has 3 heterocycles. The van der Waals surface area contributed by atoms with Gasteiger partial charge in [0, 0.05) is 64.1 Å². The summed E-state index contributed by atoms with van der Waals surface area (Å²) in [5, 5.41) is 8.96. The first kappa shape index (κ1) is 18.5. The molecule has 4 rings (SSSR count). The number of anilines is 3. The molecule has 0 unspecified atom stereocenters. The summed E-state index contributed by atoms with van der Waals surface area (Å²) in [7, 11) is 2.17. The molecule has 146 valence electrons. The SMILES string of the molecule is Cc1nc(N2CCN(C)CC2)cc(N2CCN(c3ccc(C#N)cc3)CC2)n1. The van der Waals surface area contributed by atoms with Gasteiger partial charge in [0.2, 0.25) is 0 Å². The van der Waals surface area contributed by atoms with E-state index in [1.54, 1.807) is 0 Å². The van der Waals surface area contributed by atoms with Crippen LogP contribution in [0.3, 0.4) is 0 Å². The minimum Gasteiger partial charge on any atom is -0.368 e. The van der Waals surface area contributed by atoms with Crippen LogP contribution in [0.15, 0.2) is 30.3 Å². The van der Waals surface area contributed by atoms with Gasteiger partial charge in [-0.05, 0) is 38.2 Å². The van der Waals surface area contributed by atoms with Crippen molar-refractivity contribution in [2.24, 2.45) is 0 Å². The molecule has 0 bridgehead atoms. The quantitative estimate of drug-likeness (QED) is 0.807. The van der Waals surface area contributed by atoms with Crippen LogP contribution in [0.2, 0.25) is 0 Å². The number of rotatable bonds is 3. The number of nitrogens with zero attached hydrogens (tertiary/aromatic N) is 7. The summed E-state index contributed by atoms with van der Waals surface area (Å²) >= 11 is 0. The Balaban J connectivity index is 1.43. The maximum atomic E-state index is 8.96. The summed E-state index contributed by atoms with van der Waals surface area (Å²) in [4.78, 5) is 18.8. The molecular weight excluding hydrogens is 350 g/mol. The lowest BCUT2D eigenvalue weighted by atomic mass is 10.2. The van der Waals surface area contributed by atoms with Crippen LogP contribution >= 0.6 is 0 Å². The highest BCUT2D eigenvalue weighted by molar-refractivity contribution is 5.54. The van der Waals surface area contributed by atoms with Crippen molar-refractivity contribution in [3.8, 4) is 6.07 Å². The first-order valence-electron chi connectivity index (χ1n) is 9.91. The van der Waals surface area contributed by atoms with Crippen LogP contribution in [0.1, 0.15) is 11.4 Å². The highest BCUT2D eigenvalue weighted by atomic mass is 15.3. The van der Waals surface area contributed by atoms with Crippen LogP contribution in [0.5, 0.6) is 0 Å². The topological polar surface area (TPSA) is 62.5 Å². The molecular formula is C21H27N7. The zero-order chi connectivity index (χ0) is 19.5. The molecule has 0 amide bonds. The molecule has 28 heavy (non-hydrogen) atoms. The van der Waals surface area contributed by atoms with Crippen molar-refractivity contribution in [2.45, 2.75) is 6.92 Å². The van der Waals surface area contributed by atoms with Crippen LogP contribution in [-0.2, 0) is 0 Å². The maximum absolute atomic E-state index is 8.96. The lowest BCUT2D eigenvalue weighted by molar-refractivity contribution is 0.312. The molecule has 1 aromatic carbocycles. The fourth-order valence-electron chi connectivity index (χ4n) is 3.84. The number of likely N-dealkylation sites (N-methyl/N-ethyl adjacent to an activating group) is 1. The van der Waals surface area contributed by atoms with Gasteiger partial charge < -0.3 is 19.6 Å². The molecule has 0 aliphatic carbocycles. The summed E-state index contributed by atoms with van der Waals surface area (Å²) in [6.45, 7) is 9.89. The van der Waals surface area contributed by atoms with Gasteiger partial charge in [-0.25, -0.2) is 9.97 Å². The van der Waals surface area contributed by atoms with E-state index in [-0.39, 0.29) is 0 Å².